The molecule has 1 N–H and O–H groups in total. The molecule has 12 heteroatoms. The van der Waals surface area contributed by atoms with Crippen molar-refractivity contribution in [2.45, 2.75) is 25.4 Å². The summed E-state index contributed by atoms with van der Waals surface area (Å²) in [6, 6.07) is 12.3. The summed E-state index contributed by atoms with van der Waals surface area (Å²) in [6.07, 6.45) is 7.71. The van der Waals surface area contributed by atoms with Gasteiger partial charge in [-0.25, -0.2) is 22.8 Å². The molecule has 0 atom stereocenters. The summed E-state index contributed by atoms with van der Waals surface area (Å²) in [6.45, 7) is 2.23. The average molecular weight is 553 g/mol. The molecule has 5 rings (SSSR count). The zero-order chi connectivity index (χ0) is 27.7. The van der Waals surface area contributed by atoms with E-state index >= 15 is 0 Å². The molecule has 4 aromatic rings. The van der Waals surface area contributed by atoms with E-state index in [1.807, 2.05) is 12.1 Å². The molecule has 1 aliphatic rings. The molecular formula is C27H33FN8O2S. The van der Waals surface area contributed by atoms with Gasteiger partial charge in [0.1, 0.15) is 11.5 Å². The van der Waals surface area contributed by atoms with Gasteiger partial charge in [-0.05, 0) is 57.3 Å². The van der Waals surface area contributed by atoms with E-state index in [9.17, 15) is 12.8 Å². The molecule has 39 heavy (non-hydrogen) atoms. The third-order valence-electron chi connectivity index (χ3n) is 7.25. The van der Waals surface area contributed by atoms with Gasteiger partial charge in [-0.15, -0.1) is 0 Å². The number of benzene rings is 1. The molecule has 0 aliphatic carbocycles. The first-order valence-corrected chi connectivity index (χ1v) is 14.6. The standard InChI is InChI=1S/C27H33FN8O2S/c1-33(2)21-11-14-35(15-12-21)22-9-7-20(8-10-22)31-27-30-16-23-24(28)18-36(26(23)32-27)17-19-6-5-13-29-25(19)34(3)39(4,37)38/h5-10,13,16,18,21H,11-12,14-15,17H2,1-4H3,(H,30,31,32). The van der Waals surface area contributed by atoms with Gasteiger partial charge in [0.25, 0.3) is 0 Å². The predicted octanol–water partition coefficient (Wildman–Crippen LogP) is 3.68. The molecule has 206 valence electrons. The summed E-state index contributed by atoms with van der Waals surface area (Å²) in [5.41, 5.74) is 3.00. The second-order valence-electron chi connectivity index (χ2n) is 10.1. The zero-order valence-corrected chi connectivity index (χ0v) is 23.4. The van der Waals surface area contributed by atoms with Gasteiger partial charge in [0.15, 0.2) is 5.82 Å². The first kappa shape index (κ1) is 26.8. The Morgan fingerprint density at radius 1 is 1.08 bits per heavy atom. The summed E-state index contributed by atoms with van der Waals surface area (Å²) in [7, 11) is 2.20. The van der Waals surface area contributed by atoms with Gasteiger partial charge in [0.2, 0.25) is 16.0 Å². The Bertz CT molecular complexity index is 1560. The lowest BCUT2D eigenvalue weighted by atomic mass is 10.0. The van der Waals surface area contributed by atoms with Gasteiger partial charge >= 0.3 is 0 Å². The van der Waals surface area contributed by atoms with Crippen molar-refractivity contribution in [2.24, 2.45) is 0 Å². The fraction of sp³-hybridized carbons (Fsp3) is 0.370. The van der Waals surface area contributed by atoms with Crippen molar-refractivity contribution in [2.75, 3.05) is 55.0 Å². The van der Waals surface area contributed by atoms with Crippen LogP contribution in [0, 0.1) is 5.82 Å². The van der Waals surface area contributed by atoms with Gasteiger partial charge < -0.3 is 19.7 Å². The second-order valence-corrected chi connectivity index (χ2v) is 12.1. The molecule has 3 aromatic heterocycles. The highest BCUT2D eigenvalue weighted by Gasteiger charge is 2.21. The van der Waals surface area contributed by atoms with E-state index in [0.29, 0.717) is 23.2 Å². The van der Waals surface area contributed by atoms with Crippen LogP contribution in [0.25, 0.3) is 11.0 Å². The van der Waals surface area contributed by atoms with Gasteiger partial charge in [-0.3, -0.25) is 4.31 Å². The van der Waals surface area contributed by atoms with Crippen LogP contribution in [0.2, 0.25) is 0 Å². The van der Waals surface area contributed by atoms with Crippen molar-refractivity contribution in [1.82, 2.24) is 24.4 Å². The highest BCUT2D eigenvalue weighted by atomic mass is 32.2. The van der Waals surface area contributed by atoms with Crippen LogP contribution in [0.3, 0.4) is 0 Å². The number of rotatable bonds is 8. The summed E-state index contributed by atoms with van der Waals surface area (Å²) in [5, 5.41) is 3.49. The number of hydrogen-bond acceptors (Lipinski definition) is 8. The van der Waals surface area contributed by atoms with Crippen LogP contribution in [-0.2, 0) is 16.6 Å². The maximum atomic E-state index is 14.8. The fourth-order valence-electron chi connectivity index (χ4n) is 4.91. The van der Waals surface area contributed by atoms with E-state index in [1.54, 1.807) is 16.7 Å². The molecule has 1 fully saturated rings. The molecule has 10 nitrogen and oxygen atoms in total. The highest BCUT2D eigenvalue weighted by Crippen LogP contribution is 2.27. The van der Waals surface area contributed by atoms with Crippen molar-refractivity contribution in [1.29, 1.82) is 0 Å². The van der Waals surface area contributed by atoms with Crippen LogP contribution >= 0.6 is 0 Å². The minimum absolute atomic E-state index is 0.180. The minimum Gasteiger partial charge on any atom is -0.371 e. The first-order chi connectivity index (χ1) is 18.6. The number of anilines is 4. The van der Waals surface area contributed by atoms with Crippen molar-refractivity contribution >= 4 is 44.2 Å². The smallest absolute Gasteiger partial charge is 0.233 e. The molecule has 0 spiro atoms. The normalized spacial score (nSPS) is 14.8. The lowest BCUT2D eigenvalue weighted by Crippen LogP contribution is -2.41. The average Bonchev–Trinajstić information content (AvgIpc) is 3.22. The molecule has 0 unspecified atom stereocenters. The number of fused-ring (bicyclic) bond motifs is 1. The highest BCUT2D eigenvalue weighted by molar-refractivity contribution is 7.92. The van der Waals surface area contributed by atoms with Crippen LogP contribution in [0.15, 0.2) is 55.0 Å². The van der Waals surface area contributed by atoms with Gasteiger partial charge in [-0.2, -0.15) is 4.98 Å². The molecule has 1 aliphatic heterocycles. The Balaban J connectivity index is 1.35. The van der Waals surface area contributed by atoms with Crippen molar-refractivity contribution in [3.8, 4) is 0 Å². The number of hydrogen-bond donors (Lipinski definition) is 1. The summed E-state index contributed by atoms with van der Waals surface area (Å²) in [5.74, 6) is 0.155. The number of aromatic nitrogens is 4. The Morgan fingerprint density at radius 3 is 2.46 bits per heavy atom. The van der Waals surface area contributed by atoms with Crippen molar-refractivity contribution in [3.63, 3.8) is 0 Å². The predicted molar refractivity (Wildman–Crippen MR) is 153 cm³/mol. The van der Waals surface area contributed by atoms with E-state index in [0.717, 1.165) is 42.2 Å². The number of nitrogens with zero attached hydrogens (tertiary/aromatic N) is 7. The molecule has 0 radical (unpaired) electrons. The minimum atomic E-state index is -3.52. The number of sulfonamides is 1. The third-order valence-corrected chi connectivity index (χ3v) is 8.42. The van der Waals surface area contributed by atoms with Gasteiger partial charge in [-0.1, -0.05) is 6.07 Å². The van der Waals surface area contributed by atoms with Crippen LogP contribution < -0.4 is 14.5 Å². The van der Waals surface area contributed by atoms with Gasteiger partial charge in [0, 0.05) is 61.7 Å². The van der Waals surface area contributed by atoms with Crippen LogP contribution in [0.1, 0.15) is 18.4 Å². The first-order valence-electron chi connectivity index (χ1n) is 12.8. The van der Waals surface area contributed by atoms with E-state index in [4.69, 9.17) is 0 Å². The van der Waals surface area contributed by atoms with E-state index < -0.39 is 15.8 Å². The van der Waals surface area contributed by atoms with E-state index in [-0.39, 0.29) is 17.7 Å². The molecule has 1 aromatic carbocycles. The summed E-state index contributed by atoms with van der Waals surface area (Å²) in [4.78, 5) is 17.8. The second kappa shape index (κ2) is 10.8. The lowest BCUT2D eigenvalue weighted by molar-refractivity contribution is 0.249. The number of nitrogens with one attached hydrogen (secondary N) is 1. The van der Waals surface area contributed by atoms with E-state index in [2.05, 4.69) is 56.3 Å². The largest absolute Gasteiger partial charge is 0.371 e. The topological polar surface area (TPSA) is 99.5 Å². The Hall–Kier alpha value is -3.77. The number of piperidine rings is 1. The molecule has 0 bridgehead atoms. The monoisotopic (exact) mass is 552 g/mol. The molecule has 0 amide bonds. The molecule has 1 saturated heterocycles. The lowest BCUT2D eigenvalue weighted by Gasteiger charge is -2.36. The zero-order valence-electron chi connectivity index (χ0n) is 22.5. The summed E-state index contributed by atoms with van der Waals surface area (Å²) >= 11 is 0. The summed E-state index contributed by atoms with van der Waals surface area (Å²) < 4.78 is 41.7. The fourth-order valence-corrected chi connectivity index (χ4v) is 5.39. The van der Waals surface area contributed by atoms with E-state index in [1.165, 1.54) is 31.3 Å². The molecule has 0 saturated carbocycles. The van der Waals surface area contributed by atoms with Crippen molar-refractivity contribution < 1.29 is 12.8 Å². The SMILES string of the molecule is CN(C)C1CCN(c2ccc(Nc3ncc4c(F)cn(Cc5cccnc5N(C)S(C)(=O)=O)c4n3)cc2)CC1. The third kappa shape index (κ3) is 5.81. The quantitative estimate of drug-likeness (QED) is 0.354. The maximum Gasteiger partial charge on any atom is 0.233 e. The maximum absolute atomic E-state index is 14.8. The van der Waals surface area contributed by atoms with Crippen molar-refractivity contribution in [3.05, 3.63) is 66.4 Å². The van der Waals surface area contributed by atoms with Crippen LogP contribution in [0.4, 0.5) is 27.5 Å². The Morgan fingerprint density at radius 2 is 1.79 bits per heavy atom. The Labute approximate surface area is 228 Å². The molecular weight excluding hydrogens is 519 g/mol. The van der Waals surface area contributed by atoms with Crippen LogP contribution in [-0.4, -0.2) is 79.4 Å². The number of halogens is 1. The Kier molecular flexibility index (Phi) is 7.41. The molecule has 4 heterocycles. The van der Waals surface area contributed by atoms with Crippen LogP contribution in [0.5, 0.6) is 0 Å². The number of pyridine rings is 1. The van der Waals surface area contributed by atoms with Gasteiger partial charge in [0.05, 0.1) is 18.2 Å².